The molecule has 1 fully saturated rings. The van der Waals surface area contributed by atoms with Gasteiger partial charge in [-0.05, 0) is 31.3 Å². The van der Waals surface area contributed by atoms with Crippen molar-refractivity contribution < 1.29 is 4.79 Å². The minimum absolute atomic E-state index is 0.0668. The van der Waals surface area contributed by atoms with Gasteiger partial charge in [-0.1, -0.05) is 24.3 Å². The van der Waals surface area contributed by atoms with Crippen LogP contribution in [0.5, 0.6) is 0 Å². The fourth-order valence-electron chi connectivity index (χ4n) is 4.32. The fraction of sp³-hybridized carbons (Fsp3) is 0.240. The third-order valence-electron chi connectivity index (χ3n) is 6.35. The SMILES string of the molecule is CN1CCN(C(=O)c2ccc(-c3nc4ncnc(NCc5nc6ccccc6[nH]5)c4[nH]3)cc2)CC1. The highest BCUT2D eigenvalue weighted by atomic mass is 16.2. The molecule has 2 aromatic carbocycles. The Hall–Kier alpha value is -4.31. The third kappa shape index (κ3) is 4.19. The molecule has 1 aliphatic heterocycles. The molecule has 0 atom stereocenters. The van der Waals surface area contributed by atoms with Gasteiger partial charge in [-0.2, -0.15) is 0 Å². The molecule has 5 aromatic rings. The van der Waals surface area contributed by atoms with Gasteiger partial charge in [-0.15, -0.1) is 0 Å². The van der Waals surface area contributed by atoms with Crippen molar-refractivity contribution in [3.05, 3.63) is 66.2 Å². The summed E-state index contributed by atoms with van der Waals surface area (Å²) in [6.07, 6.45) is 1.49. The number of piperazine rings is 1. The lowest BCUT2D eigenvalue weighted by Crippen LogP contribution is -2.47. The monoisotopic (exact) mass is 467 g/mol. The predicted molar refractivity (Wildman–Crippen MR) is 134 cm³/mol. The highest BCUT2D eigenvalue weighted by molar-refractivity contribution is 5.95. The third-order valence-corrected chi connectivity index (χ3v) is 6.35. The zero-order valence-electron chi connectivity index (χ0n) is 19.3. The van der Waals surface area contributed by atoms with Crippen molar-refractivity contribution in [1.82, 2.24) is 39.7 Å². The summed E-state index contributed by atoms with van der Waals surface area (Å²) in [6, 6.07) is 15.5. The molecule has 0 bridgehead atoms. The van der Waals surface area contributed by atoms with E-state index in [2.05, 4.69) is 47.2 Å². The van der Waals surface area contributed by atoms with Gasteiger partial charge in [0.2, 0.25) is 0 Å². The van der Waals surface area contributed by atoms with Crippen LogP contribution in [0.1, 0.15) is 16.2 Å². The molecule has 10 heteroatoms. The average molecular weight is 468 g/mol. The van der Waals surface area contributed by atoms with Crippen molar-refractivity contribution in [1.29, 1.82) is 0 Å². The van der Waals surface area contributed by atoms with Gasteiger partial charge in [-0.3, -0.25) is 4.79 Å². The molecule has 3 N–H and O–H groups in total. The molecular formula is C25H25N9O. The molecule has 0 unspecified atom stereocenters. The lowest BCUT2D eigenvalue weighted by Gasteiger charge is -2.32. The normalized spacial score (nSPS) is 14.6. The number of carbonyl (C=O) groups is 1. The lowest BCUT2D eigenvalue weighted by atomic mass is 10.1. The summed E-state index contributed by atoms with van der Waals surface area (Å²) < 4.78 is 0. The molecule has 176 valence electrons. The van der Waals surface area contributed by atoms with Crippen molar-refractivity contribution in [2.24, 2.45) is 0 Å². The highest BCUT2D eigenvalue weighted by Crippen LogP contribution is 2.24. The maximum absolute atomic E-state index is 12.8. The first-order valence-corrected chi connectivity index (χ1v) is 11.6. The van der Waals surface area contributed by atoms with Crippen molar-refractivity contribution in [3.8, 4) is 11.4 Å². The molecule has 0 spiro atoms. The molecule has 1 aliphatic rings. The van der Waals surface area contributed by atoms with Crippen LogP contribution in [0.3, 0.4) is 0 Å². The maximum Gasteiger partial charge on any atom is 0.253 e. The van der Waals surface area contributed by atoms with E-state index < -0.39 is 0 Å². The summed E-state index contributed by atoms with van der Waals surface area (Å²) in [6.45, 7) is 3.79. The molecule has 3 aromatic heterocycles. The number of rotatable bonds is 5. The minimum atomic E-state index is 0.0668. The van der Waals surface area contributed by atoms with Crippen LogP contribution >= 0.6 is 0 Å². The molecule has 6 rings (SSSR count). The number of aromatic nitrogens is 6. The van der Waals surface area contributed by atoms with E-state index in [-0.39, 0.29) is 5.91 Å². The van der Waals surface area contributed by atoms with Crippen LogP contribution in [-0.2, 0) is 6.54 Å². The molecule has 1 amide bonds. The summed E-state index contributed by atoms with van der Waals surface area (Å²) in [7, 11) is 2.08. The molecule has 0 aliphatic carbocycles. The quantitative estimate of drug-likeness (QED) is 0.364. The van der Waals surface area contributed by atoms with Gasteiger partial charge < -0.3 is 25.1 Å². The maximum atomic E-state index is 12.8. The summed E-state index contributed by atoms with van der Waals surface area (Å²) in [4.78, 5) is 41.5. The number of nitrogens with zero attached hydrogens (tertiary/aromatic N) is 6. The number of hydrogen-bond acceptors (Lipinski definition) is 7. The van der Waals surface area contributed by atoms with Crippen LogP contribution in [0.2, 0.25) is 0 Å². The number of nitrogens with one attached hydrogen (secondary N) is 3. The van der Waals surface area contributed by atoms with Crippen molar-refractivity contribution in [3.63, 3.8) is 0 Å². The summed E-state index contributed by atoms with van der Waals surface area (Å²) >= 11 is 0. The Balaban J connectivity index is 1.20. The second-order valence-electron chi connectivity index (χ2n) is 8.73. The van der Waals surface area contributed by atoms with Crippen LogP contribution in [0.15, 0.2) is 54.9 Å². The van der Waals surface area contributed by atoms with E-state index in [4.69, 9.17) is 0 Å². The fourth-order valence-corrected chi connectivity index (χ4v) is 4.32. The van der Waals surface area contributed by atoms with Gasteiger partial charge in [0.1, 0.15) is 23.5 Å². The van der Waals surface area contributed by atoms with Crippen LogP contribution in [0.25, 0.3) is 33.6 Å². The summed E-state index contributed by atoms with van der Waals surface area (Å²) in [5.74, 6) is 2.21. The largest absolute Gasteiger partial charge is 0.361 e. The topological polar surface area (TPSA) is 119 Å². The van der Waals surface area contributed by atoms with E-state index in [1.807, 2.05) is 53.4 Å². The predicted octanol–water partition coefficient (Wildman–Crippen LogP) is 2.90. The number of para-hydroxylation sites is 2. The Morgan fingerprint density at radius 2 is 1.77 bits per heavy atom. The molecule has 1 saturated heterocycles. The number of anilines is 1. The number of hydrogen-bond donors (Lipinski definition) is 3. The Kier molecular flexibility index (Phi) is 5.34. The summed E-state index contributed by atoms with van der Waals surface area (Å²) in [5, 5.41) is 3.32. The van der Waals surface area contributed by atoms with Gasteiger partial charge in [0, 0.05) is 37.3 Å². The molecule has 0 saturated carbocycles. The van der Waals surface area contributed by atoms with E-state index in [0.29, 0.717) is 29.4 Å². The second-order valence-corrected chi connectivity index (χ2v) is 8.73. The molecule has 4 heterocycles. The first-order valence-electron chi connectivity index (χ1n) is 11.6. The van der Waals surface area contributed by atoms with Crippen molar-refractivity contribution >= 4 is 33.9 Å². The van der Waals surface area contributed by atoms with E-state index >= 15 is 0 Å². The lowest BCUT2D eigenvalue weighted by molar-refractivity contribution is 0.0664. The summed E-state index contributed by atoms with van der Waals surface area (Å²) in [5.41, 5.74) is 4.77. The van der Waals surface area contributed by atoms with Crippen LogP contribution < -0.4 is 5.32 Å². The van der Waals surface area contributed by atoms with Gasteiger partial charge in [0.05, 0.1) is 17.6 Å². The molecule has 10 nitrogen and oxygen atoms in total. The first-order chi connectivity index (χ1) is 17.1. The second kappa shape index (κ2) is 8.80. The number of fused-ring (bicyclic) bond motifs is 2. The molecular weight excluding hydrogens is 442 g/mol. The van der Waals surface area contributed by atoms with E-state index in [1.54, 1.807) is 0 Å². The van der Waals surface area contributed by atoms with Crippen LogP contribution in [0.4, 0.5) is 5.82 Å². The Morgan fingerprint density at radius 1 is 0.971 bits per heavy atom. The number of carbonyl (C=O) groups excluding carboxylic acids is 1. The van der Waals surface area contributed by atoms with Crippen LogP contribution in [0, 0.1) is 0 Å². The smallest absolute Gasteiger partial charge is 0.253 e. The van der Waals surface area contributed by atoms with Gasteiger partial charge in [-0.25, -0.2) is 19.9 Å². The first kappa shape index (κ1) is 21.2. The van der Waals surface area contributed by atoms with E-state index in [1.165, 1.54) is 6.33 Å². The number of aromatic amines is 2. The number of amides is 1. The molecule has 0 radical (unpaired) electrons. The average Bonchev–Trinajstić information content (AvgIpc) is 3.52. The number of likely N-dealkylation sites (N-methyl/N-ethyl adjacent to an activating group) is 1. The molecule has 35 heavy (non-hydrogen) atoms. The Labute approximate surface area is 201 Å². The van der Waals surface area contributed by atoms with E-state index in [0.717, 1.165) is 54.1 Å². The van der Waals surface area contributed by atoms with Gasteiger partial charge in [0.25, 0.3) is 5.91 Å². The van der Waals surface area contributed by atoms with Gasteiger partial charge in [0.15, 0.2) is 11.5 Å². The van der Waals surface area contributed by atoms with Crippen molar-refractivity contribution in [2.45, 2.75) is 6.54 Å². The highest BCUT2D eigenvalue weighted by Gasteiger charge is 2.20. The number of imidazole rings is 2. The van der Waals surface area contributed by atoms with Crippen molar-refractivity contribution in [2.75, 3.05) is 38.5 Å². The number of benzene rings is 2. The zero-order valence-corrected chi connectivity index (χ0v) is 19.3. The van der Waals surface area contributed by atoms with E-state index in [9.17, 15) is 4.79 Å². The Bertz CT molecular complexity index is 1460. The van der Waals surface area contributed by atoms with Crippen LogP contribution in [-0.4, -0.2) is 78.8 Å². The zero-order chi connectivity index (χ0) is 23.8. The Morgan fingerprint density at radius 3 is 2.57 bits per heavy atom. The standard InChI is InChI=1S/C25H25N9O/c1-33-10-12-34(13-11-33)25(35)17-8-6-16(7-9-17)22-31-21-23(27-15-28-24(21)32-22)26-14-20-29-18-4-2-3-5-19(18)30-20/h2-9,15H,10-14H2,1H3,(H,29,30)(H2,26,27,28,31,32). The minimum Gasteiger partial charge on any atom is -0.361 e. The van der Waals surface area contributed by atoms with Gasteiger partial charge >= 0.3 is 0 Å². The number of H-pyrrole nitrogens is 2.